The van der Waals surface area contributed by atoms with Gasteiger partial charge in [0.05, 0.1) is 0 Å². The van der Waals surface area contributed by atoms with Gasteiger partial charge in [0.25, 0.3) is 0 Å². The van der Waals surface area contributed by atoms with Crippen LogP contribution in [0.2, 0.25) is 0 Å². The van der Waals surface area contributed by atoms with Gasteiger partial charge < -0.3 is 10.4 Å². The molecule has 1 unspecified atom stereocenters. The first-order valence-corrected chi connectivity index (χ1v) is 6.79. The zero-order valence-corrected chi connectivity index (χ0v) is 11.9. The molecule has 0 bridgehead atoms. The highest BCUT2D eigenvalue weighted by atomic mass is 16.4. The van der Waals surface area contributed by atoms with Gasteiger partial charge in [-0.05, 0) is 38.7 Å². The minimum absolute atomic E-state index is 0.249. The van der Waals surface area contributed by atoms with Crippen molar-refractivity contribution in [1.82, 2.24) is 9.97 Å². The minimum Gasteiger partial charge on any atom is -0.481 e. The number of anilines is 1. The number of hydrogen-bond donors (Lipinski definition) is 2. The van der Waals surface area contributed by atoms with E-state index in [0.717, 1.165) is 37.2 Å². The number of nitrogens with zero attached hydrogens (tertiary/aromatic N) is 2. The van der Waals surface area contributed by atoms with Crippen molar-refractivity contribution in [2.75, 3.05) is 11.9 Å². The summed E-state index contributed by atoms with van der Waals surface area (Å²) in [5.41, 5.74) is 1.90. The fourth-order valence-corrected chi connectivity index (χ4v) is 2.07. The maximum atomic E-state index is 10.6. The molecule has 19 heavy (non-hydrogen) atoms. The Bertz CT molecular complexity index is 401. The fourth-order valence-electron chi connectivity index (χ4n) is 2.07. The van der Waals surface area contributed by atoms with Gasteiger partial charge in [0, 0.05) is 24.4 Å². The van der Waals surface area contributed by atoms with E-state index in [1.165, 1.54) is 0 Å². The molecule has 0 saturated carbocycles. The first-order valence-electron chi connectivity index (χ1n) is 6.79. The van der Waals surface area contributed by atoms with Gasteiger partial charge in [-0.25, -0.2) is 9.97 Å². The quantitative estimate of drug-likeness (QED) is 0.756. The standard InChI is InChI=1S/C14H23N3O2/c1-4-12(5-6-13(18)19)7-8-15-14-16-10(2)9-11(3)17-14/h9,12H,4-8H2,1-3H3,(H,18,19)(H,15,16,17). The zero-order chi connectivity index (χ0) is 14.3. The molecule has 0 fully saturated rings. The van der Waals surface area contributed by atoms with E-state index in [1.54, 1.807) is 0 Å². The number of carboxylic acids is 1. The van der Waals surface area contributed by atoms with Crippen LogP contribution in [0.15, 0.2) is 6.07 Å². The highest BCUT2D eigenvalue weighted by Gasteiger charge is 2.09. The van der Waals surface area contributed by atoms with Crippen molar-refractivity contribution in [3.05, 3.63) is 17.5 Å². The van der Waals surface area contributed by atoms with Crippen LogP contribution in [0.1, 0.15) is 44.0 Å². The zero-order valence-electron chi connectivity index (χ0n) is 11.9. The van der Waals surface area contributed by atoms with Crippen LogP contribution in [0.3, 0.4) is 0 Å². The third-order valence-electron chi connectivity index (χ3n) is 3.16. The molecule has 5 heteroatoms. The lowest BCUT2D eigenvalue weighted by molar-refractivity contribution is -0.137. The number of aliphatic carboxylic acids is 1. The highest BCUT2D eigenvalue weighted by molar-refractivity contribution is 5.66. The first-order chi connectivity index (χ1) is 9.01. The molecule has 106 valence electrons. The summed E-state index contributed by atoms with van der Waals surface area (Å²) in [6.45, 7) is 6.77. The molecule has 0 radical (unpaired) electrons. The van der Waals surface area contributed by atoms with Gasteiger partial charge in [0.15, 0.2) is 0 Å². The number of aromatic nitrogens is 2. The van der Waals surface area contributed by atoms with Gasteiger partial charge >= 0.3 is 5.97 Å². The molecule has 0 amide bonds. The van der Waals surface area contributed by atoms with Crippen LogP contribution in [0.4, 0.5) is 5.95 Å². The van der Waals surface area contributed by atoms with Crippen LogP contribution < -0.4 is 5.32 Å². The van der Waals surface area contributed by atoms with Crippen molar-refractivity contribution in [2.24, 2.45) is 5.92 Å². The summed E-state index contributed by atoms with van der Waals surface area (Å²) >= 11 is 0. The molecule has 2 N–H and O–H groups in total. The van der Waals surface area contributed by atoms with Gasteiger partial charge in [0.1, 0.15) is 0 Å². The van der Waals surface area contributed by atoms with Crippen LogP contribution in [-0.2, 0) is 4.79 Å². The monoisotopic (exact) mass is 265 g/mol. The van der Waals surface area contributed by atoms with E-state index in [-0.39, 0.29) is 6.42 Å². The summed E-state index contributed by atoms with van der Waals surface area (Å²) in [6, 6.07) is 1.94. The third-order valence-corrected chi connectivity index (χ3v) is 3.16. The molecule has 0 saturated heterocycles. The molecule has 5 nitrogen and oxygen atoms in total. The lowest BCUT2D eigenvalue weighted by atomic mass is 9.97. The Balaban J connectivity index is 2.37. The molecular weight excluding hydrogens is 242 g/mol. The average Bonchev–Trinajstić information content (AvgIpc) is 2.32. The highest BCUT2D eigenvalue weighted by Crippen LogP contribution is 2.15. The second-order valence-electron chi connectivity index (χ2n) is 4.90. The Hall–Kier alpha value is -1.65. The molecule has 0 aromatic carbocycles. The maximum absolute atomic E-state index is 10.6. The van der Waals surface area contributed by atoms with Crippen LogP contribution in [0.5, 0.6) is 0 Å². The van der Waals surface area contributed by atoms with Crippen molar-refractivity contribution in [3.63, 3.8) is 0 Å². The molecule has 1 rings (SSSR count). The van der Waals surface area contributed by atoms with E-state index in [9.17, 15) is 4.79 Å². The number of carbonyl (C=O) groups is 1. The smallest absolute Gasteiger partial charge is 0.303 e. The van der Waals surface area contributed by atoms with E-state index in [0.29, 0.717) is 11.9 Å². The lowest BCUT2D eigenvalue weighted by Gasteiger charge is -2.14. The molecular formula is C14H23N3O2. The van der Waals surface area contributed by atoms with Crippen molar-refractivity contribution >= 4 is 11.9 Å². The molecule has 1 heterocycles. The summed E-state index contributed by atoms with van der Waals surface area (Å²) in [5, 5.41) is 11.9. The van der Waals surface area contributed by atoms with E-state index in [2.05, 4.69) is 22.2 Å². The Kier molecular flexibility index (Phi) is 6.25. The number of carboxylic acid groups (broad SMARTS) is 1. The SMILES string of the molecule is CCC(CCNc1nc(C)cc(C)n1)CCC(=O)O. The topological polar surface area (TPSA) is 75.1 Å². The van der Waals surface area contributed by atoms with Crippen molar-refractivity contribution in [1.29, 1.82) is 0 Å². The largest absolute Gasteiger partial charge is 0.481 e. The first kappa shape index (κ1) is 15.4. The van der Waals surface area contributed by atoms with Gasteiger partial charge in [-0.3, -0.25) is 4.79 Å². The lowest BCUT2D eigenvalue weighted by Crippen LogP contribution is -2.12. The van der Waals surface area contributed by atoms with Gasteiger partial charge in [-0.15, -0.1) is 0 Å². The van der Waals surface area contributed by atoms with E-state index in [4.69, 9.17) is 5.11 Å². The number of aryl methyl sites for hydroxylation is 2. The number of nitrogens with one attached hydrogen (secondary N) is 1. The number of rotatable bonds is 8. The van der Waals surface area contributed by atoms with Crippen molar-refractivity contribution in [3.8, 4) is 0 Å². The second-order valence-corrected chi connectivity index (χ2v) is 4.90. The van der Waals surface area contributed by atoms with Crippen LogP contribution >= 0.6 is 0 Å². The summed E-state index contributed by atoms with van der Waals surface area (Å²) in [6.07, 6.45) is 2.93. The molecule has 0 aliphatic carbocycles. The Morgan fingerprint density at radius 1 is 1.32 bits per heavy atom. The second kappa shape index (κ2) is 7.71. The van der Waals surface area contributed by atoms with Crippen molar-refractivity contribution in [2.45, 2.75) is 46.5 Å². The molecule has 1 aromatic heterocycles. The Morgan fingerprint density at radius 2 is 1.95 bits per heavy atom. The van der Waals surface area contributed by atoms with Crippen LogP contribution in [0.25, 0.3) is 0 Å². The molecule has 0 aliphatic heterocycles. The maximum Gasteiger partial charge on any atom is 0.303 e. The summed E-state index contributed by atoms with van der Waals surface area (Å²) < 4.78 is 0. The van der Waals surface area contributed by atoms with Crippen LogP contribution in [0, 0.1) is 19.8 Å². The molecule has 1 aromatic rings. The van der Waals surface area contributed by atoms with Crippen LogP contribution in [-0.4, -0.2) is 27.6 Å². The summed E-state index contributed by atoms with van der Waals surface area (Å²) in [5.74, 6) is 0.379. The normalized spacial score (nSPS) is 12.2. The summed E-state index contributed by atoms with van der Waals surface area (Å²) in [4.78, 5) is 19.2. The number of hydrogen-bond acceptors (Lipinski definition) is 4. The van der Waals surface area contributed by atoms with Gasteiger partial charge in [-0.2, -0.15) is 0 Å². The van der Waals surface area contributed by atoms with E-state index < -0.39 is 5.97 Å². The molecule has 0 spiro atoms. The van der Waals surface area contributed by atoms with E-state index in [1.807, 2.05) is 19.9 Å². The minimum atomic E-state index is -0.718. The molecule has 0 aliphatic rings. The predicted molar refractivity (Wildman–Crippen MR) is 75.3 cm³/mol. The Labute approximate surface area is 114 Å². The average molecular weight is 265 g/mol. The van der Waals surface area contributed by atoms with Gasteiger partial charge in [-0.1, -0.05) is 13.3 Å². The molecule has 1 atom stereocenters. The van der Waals surface area contributed by atoms with Gasteiger partial charge in [0.2, 0.25) is 5.95 Å². The predicted octanol–water partition coefficient (Wildman–Crippen LogP) is 2.79. The fraction of sp³-hybridized carbons (Fsp3) is 0.643. The third kappa shape index (κ3) is 6.18. The summed E-state index contributed by atoms with van der Waals surface area (Å²) in [7, 11) is 0. The van der Waals surface area contributed by atoms with E-state index >= 15 is 0 Å². The Morgan fingerprint density at radius 3 is 2.47 bits per heavy atom. The van der Waals surface area contributed by atoms with Crippen molar-refractivity contribution < 1.29 is 9.90 Å².